The van der Waals surface area contributed by atoms with E-state index in [0.29, 0.717) is 0 Å². The second-order valence-electron chi connectivity index (χ2n) is 6.45. The molecule has 1 saturated heterocycles. The van der Waals surface area contributed by atoms with Crippen LogP contribution in [0.25, 0.3) is 0 Å². The molecule has 24 heavy (non-hydrogen) atoms. The van der Waals surface area contributed by atoms with Crippen LogP contribution in [0.2, 0.25) is 0 Å². The minimum Gasteiger partial charge on any atom is -0.427 e. The number of methoxy groups -OCH3 is 1. The normalized spacial score (nSPS) is 26.3. The molecule has 0 aromatic heterocycles. The summed E-state index contributed by atoms with van der Waals surface area (Å²) in [5.41, 5.74) is 0. The molecule has 0 radical (unpaired) electrons. The Hall–Kier alpha value is -0.810. The van der Waals surface area contributed by atoms with Gasteiger partial charge in [0, 0.05) is 13.0 Å². The van der Waals surface area contributed by atoms with Gasteiger partial charge in [0.05, 0.1) is 10.9 Å². The van der Waals surface area contributed by atoms with Crippen molar-refractivity contribution in [2.24, 2.45) is 11.8 Å². The molecule has 1 rings (SSSR count). The Morgan fingerprint density at radius 2 is 1.92 bits per heavy atom. The van der Waals surface area contributed by atoms with Gasteiger partial charge >= 0.3 is 6.16 Å². The number of allylic oxidation sites excluding steroid dienone is 4. The molecule has 0 aromatic carbocycles. The fourth-order valence-corrected chi connectivity index (χ4v) is 3.82. The van der Waals surface area contributed by atoms with Crippen LogP contribution in [0.4, 0.5) is 4.79 Å². The summed E-state index contributed by atoms with van der Waals surface area (Å²) >= 11 is 3.74. The monoisotopic (exact) mass is 402 g/mol. The van der Waals surface area contributed by atoms with Crippen LogP contribution < -0.4 is 0 Å². The van der Waals surface area contributed by atoms with E-state index in [1.165, 1.54) is 0 Å². The van der Waals surface area contributed by atoms with Gasteiger partial charge in [-0.3, -0.25) is 0 Å². The zero-order valence-electron chi connectivity index (χ0n) is 15.4. The molecule has 1 aliphatic heterocycles. The number of carbonyl (C=O) groups is 1. The van der Waals surface area contributed by atoms with Crippen LogP contribution in [0.3, 0.4) is 0 Å². The molecular weight excluding hydrogens is 372 g/mol. The summed E-state index contributed by atoms with van der Waals surface area (Å²) < 4.78 is 16.5. The Kier molecular flexibility index (Phi) is 9.67. The first-order valence-electron chi connectivity index (χ1n) is 8.78. The highest BCUT2D eigenvalue weighted by Gasteiger charge is 2.46. The van der Waals surface area contributed by atoms with Crippen LogP contribution in [0.15, 0.2) is 24.3 Å². The van der Waals surface area contributed by atoms with Crippen molar-refractivity contribution in [3.8, 4) is 0 Å². The summed E-state index contributed by atoms with van der Waals surface area (Å²) in [6.45, 7) is 8.34. The third-order valence-electron chi connectivity index (χ3n) is 4.58. The average Bonchev–Trinajstić information content (AvgIpc) is 2.97. The molecule has 1 aliphatic rings. The molecule has 0 aliphatic carbocycles. The van der Waals surface area contributed by atoms with E-state index in [9.17, 15) is 4.79 Å². The minimum absolute atomic E-state index is 0.00702. The van der Waals surface area contributed by atoms with E-state index in [2.05, 4.69) is 42.8 Å². The molecular formula is C19H31BrO4. The summed E-state index contributed by atoms with van der Waals surface area (Å²) in [4.78, 5) is 11.7. The Morgan fingerprint density at radius 1 is 1.25 bits per heavy atom. The Morgan fingerprint density at radius 3 is 2.50 bits per heavy atom. The van der Waals surface area contributed by atoms with Crippen molar-refractivity contribution >= 4 is 22.1 Å². The Balaban J connectivity index is 2.76. The maximum Gasteiger partial charge on any atom is 0.509 e. The second kappa shape index (κ2) is 10.9. The number of hydrogen-bond acceptors (Lipinski definition) is 4. The quantitative estimate of drug-likeness (QED) is 0.283. The number of carbonyl (C=O) groups excluding carboxylic acids is 1. The number of alkyl halides is 1. The molecule has 138 valence electrons. The van der Waals surface area contributed by atoms with E-state index >= 15 is 0 Å². The Bertz CT molecular complexity index is 435. The van der Waals surface area contributed by atoms with Gasteiger partial charge in [0.2, 0.25) is 0 Å². The first-order chi connectivity index (χ1) is 11.5. The van der Waals surface area contributed by atoms with E-state index in [1.807, 2.05) is 25.2 Å². The van der Waals surface area contributed by atoms with E-state index < -0.39 is 6.16 Å². The lowest BCUT2D eigenvalue weighted by molar-refractivity contribution is 0.0252. The SMILES string of the molecule is C/C=C\C=C\CC(C)C1OC(=O)OC1C(Br)C(C)C(CCC)OC. The highest BCUT2D eigenvalue weighted by atomic mass is 79.9. The molecule has 0 spiro atoms. The average molecular weight is 403 g/mol. The summed E-state index contributed by atoms with van der Waals surface area (Å²) in [6.07, 6.45) is 9.95. The van der Waals surface area contributed by atoms with Gasteiger partial charge in [-0.05, 0) is 25.7 Å². The Labute approximate surface area is 154 Å². The highest BCUT2D eigenvalue weighted by Crippen LogP contribution is 2.35. The second-order valence-corrected chi connectivity index (χ2v) is 7.51. The maximum atomic E-state index is 11.7. The molecule has 6 atom stereocenters. The maximum absolute atomic E-state index is 11.7. The van der Waals surface area contributed by atoms with Gasteiger partial charge in [-0.25, -0.2) is 4.79 Å². The predicted molar refractivity (Wildman–Crippen MR) is 100 cm³/mol. The number of cyclic esters (lactones) is 2. The van der Waals surface area contributed by atoms with Gasteiger partial charge in [0.15, 0.2) is 6.10 Å². The van der Waals surface area contributed by atoms with E-state index in [-0.39, 0.29) is 35.0 Å². The molecule has 0 amide bonds. The predicted octanol–water partition coefficient (Wildman–Crippen LogP) is 5.26. The van der Waals surface area contributed by atoms with Gasteiger partial charge in [0.25, 0.3) is 0 Å². The lowest BCUT2D eigenvalue weighted by Gasteiger charge is -2.31. The zero-order valence-corrected chi connectivity index (χ0v) is 17.0. The summed E-state index contributed by atoms with van der Waals surface area (Å²) in [6, 6.07) is 0. The topological polar surface area (TPSA) is 44.8 Å². The van der Waals surface area contributed by atoms with Crippen LogP contribution in [0, 0.1) is 11.8 Å². The van der Waals surface area contributed by atoms with Crippen molar-refractivity contribution in [1.82, 2.24) is 0 Å². The van der Waals surface area contributed by atoms with Gasteiger partial charge in [-0.2, -0.15) is 0 Å². The lowest BCUT2D eigenvalue weighted by Crippen LogP contribution is -2.42. The summed E-state index contributed by atoms with van der Waals surface area (Å²) in [7, 11) is 1.74. The van der Waals surface area contributed by atoms with E-state index in [1.54, 1.807) is 7.11 Å². The first-order valence-corrected chi connectivity index (χ1v) is 9.69. The molecule has 6 unspecified atom stereocenters. The molecule has 1 fully saturated rings. The standard InChI is InChI=1S/C19H31BrO4/c1-6-8-9-10-12-13(3)17-18(24-19(21)23-17)16(20)14(4)15(22-5)11-7-2/h6,8-10,13-18H,7,11-12H2,1-5H3/b8-6-,10-9+. The number of rotatable bonds is 10. The highest BCUT2D eigenvalue weighted by molar-refractivity contribution is 9.09. The molecule has 1 heterocycles. The molecule has 0 saturated carbocycles. The third-order valence-corrected chi connectivity index (χ3v) is 5.93. The van der Waals surface area contributed by atoms with E-state index in [0.717, 1.165) is 19.3 Å². The van der Waals surface area contributed by atoms with Crippen LogP contribution >= 0.6 is 15.9 Å². The van der Waals surface area contributed by atoms with Gasteiger partial charge < -0.3 is 14.2 Å². The number of halogens is 1. The van der Waals surface area contributed by atoms with Crippen molar-refractivity contribution in [2.75, 3.05) is 7.11 Å². The van der Waals surface area contributed by atoms with Crippen molar-refractivity contribution in [3.63, 3.8) is 0 Å². The molecule has 0 bridgehead atoms. The van der Waals surface area contributed by atoms with Crippen LogP contribution in [-0.2, 0) is 14.2 Å². The minimum atomic E-state index is -0.574. The van der Waals surface area contributed by atoms with Crippen LogP contribution in [-0.4, -0.2) is 36.4 Å². The van der Waals surface area contributed by atoms with Crippen LogP contribution in [0.5, 0.6) is 0 Å². The van der Waals surface area contributed by atoms with Gasteiger partial charge in [-0.1, -0.05) is 67.4 Å². The van der Waals surface area contributed by atoms with Crippen LogP contribution in [0.1, 0.15) is 47.0 Å². The number of hydrogen-bond donors (Lipinski definition) is 0. The third kappa shape index (κ3) is 5.92. The van der Waals surface area contributed by atoms with Crippen molar-refractivity contribution in [3.05, 3.63) is 24.3 Å². The molecule has 0 N–H and O–H groups in total. The van der Waals surface area contributed by atoms with Crippen molar-refractivity contribution < 1.29 is 19.0 Å². The van der Waals surface area contributed by atoms with E-state index in [4.69, 9.17) is 14.2 Å². The lowest BCUT2D eigenvalue weighted by atomic mass is 9.88. The largest absolute Gasteiger partial charge is 0.509 e. The van der Waals surface area contributed by atoms with Gasteiger partial charge in [-0.15, -0.1) is 0 Å². The fraction of sp³-hybridized carbons (Fsp3) is 0.737. The molecule has 0 aromatic rings. The van der Waals surface area contributed by atoms with Gasteiger partial charge in [0.1, 0.15) is 6.10 Å². The van der Waals surface area contributed by atoms with Crippen molar-refractivity contribution in [2.45, 2.75) is 70.1 Å². The zero-order chi connectivity index (χ0) is 18.1. The molecule has 5 heteroatoms. The first kappa shape index (κ1) is 21.2. The summed E-state index contributed by atoms with van der Waals surface area (Å²) in [5, 5.41) is 0. The van der Waals surface area contributed by atoms with Crippen molar-refractivity contribution in [1.29, 1.82) is 0 Å². The number of ether oxygens (including phenoxy) is 3. The smallest absolute Gasteiger partial charge is 0.427 e. The summed E-state index contributed by atoms with van der Waals surface area (Å²) in [5.74, 6) is 0.394. The fourth-order valence-electron chi connectivity index (χ4n) is 3.07. The molecule has 4 nitrogen and oxygen atoms in total.